The number of aromatic nitrogens is 3. The van der Waals surface area contributed by atoms with Crippen LogP contribution in [0, 0.1) is 20.8 Å². The van der Waals surface area contributed by atoms with E-state index in [2.05, 4.69) is 56.7 Å². The first-order valence-corrected chi connectivity index (χ1v) is 12.7. The fraction of sp³-hybridized carbons (Fsp3) is 0.345. The number of carbonyl (C=O) groups is 1. The normalized spacial score (nSPS) is 14.3. The summed E-state index contributed by atoms with van der Waals surface area (Å²) in [5, 5.41) is 11.9. The van der Waals surface area contributed by atoms with Gasteiger partial charge in [0.2, 0.25) is 5.95 Å². The number of halogens is 1. The van der Waals surface area contributed by atoms with Crippen molar-refractivity contribution in [3.63, 3.8) is 0 Å². The second-order valence-corrected chi connectivity index (χ2v) is 11.1. The van der Waals surface area contributed by atoms with Gasteiger partial charge in [-0.1, -0.05) is 41.4 Å². The third-order valence-electron chi connectivity index (χ3n) is 6.79. The molecule has 0 saturated carbocycles. The van der Waals surface area contributed by atoms with Crippen LogP contribution in [0.3, 0.4) is 0 Å². The lowest BCUT2D eigenvalue weighted by atomic mass is 9.87. The number of benzene rings is 2. The Kier molecular flexibility index (Phi) is 6.24. The predicted molar refractivity (Wildman–Crippen MR) is 147 cm³/mol. The van der Waals surface area contributed by atoms with Crippen LogP contribution in [0.1, 0.15) is 49.3 Å². The molecule has 1 aliphatic rings. The number of aryl methyl sites for hydroxylation is 2. The highest BCUT2D eigenvalue weighted by Crippen LogP contribution is 2.49. The maximum Gasteiger partial charge on any atom is 0.337 e. The molecular formula is C29H31ClN4O3. The Morgan fingerprint density at radius 1 is 1.08 bits per heavy atom. The number of rotatable bonds is 5. The Labute approximate surface area is 221 Å². The minimum atomic E-state index is -1.17. The van der Waals surface area contributed by atoms with Gasteiger partial charge >= 0.3 is 5.97 Å². The summed E-state index contributed by atoms with van der Waals surface area (Å²) in [5.41, 5.74) is 6.82. The highest BCUT2D eigenvalue weighted by molar-refractivity contribution is 6.30. The first-order valence-electron chi connectivity index (χ1n) is 12.4. The molecule has 0 saturated heterocycles. The van der Waals surface area contributed by atoms with E-state index in [1.54, 1.807) is 12.4 Å². The highest BCUT2D eigenvalue weighted by atomic mass is 35.5. The maximum absolute atomic E-state index is 12.8. The van der Waals surface area contributed by atoms with Gasteiger partial charge in [0.15, 0.2) is 6.10 Å². The number of anilines is 2. The molecule has 8 heteroatoms. The summed E-state index contributed by atoms with van der Waals surface area (Å²) in [6, 6.07) is 10.4. The van der Waals surface area contributed by atoms with Crippen molar-refractivity contribution in [1.29, 1.82) is 0 Å². The van der Waals surface area contributed by atoms with E-state index in [9.17, 15) is 9.90 Å². The van der Waals surface area contributed by atoms with Crippen molar-refractivity contribution in [3.8, 4) is 11.1 Å². The Morgan fingerprint density at radius 3 is 2.32 bits per heavy atom. The molecule has 0 spiro atoms. The molecule has 2 aromatic heterocycles. The van der Waals surface area contributed by atoms with E-state index in [0.29, 0.717) is 23.1 Å². The third kappa shape index (κ3) is 4.47. The van der Waals surface area contributed by atoms with Crippen molar-refractivity contribution in [1.82, 2.24) is 14.5 Å². The van der Waals surface area contributed by atoms with Crippen LogP contribution in [-0.2, 0) is 16.1 Å². The van der Waals surface area contributed by atoms with Gasteiger partial charge in [-0.2, -0.15) is 0 Å². The molecule has 0 aliphatic carbocycles. The zero-order valence-electron chi connectivity index (χ0n) is 22.0. The van der Waals surface area contributed by atoms with E-state index >= 15 is 0 Å². The van der Waals surface area contributed by atoms with Gasteiger partial charge < -0.3 is 19.3 Å². The van der Waals surface area contributed by atoms with Crippen molar-refractivity contribution < 1.29 is 14.6 Å². The number of hydrogen-bond donors (Lipinski definition) is 1. The van der Waals surface area contributed by atoms with E-state index in [1.165, 1.54) is 0 Å². The van der Waals surface area contributed by atoms with E-state index < -0.39 is 17.7 Å². The van der Waals surface area contributed by atoms with Crippen LogP contribution >= 0.6 is 11.6 Å². The summed E-state index contributed by atoms with van der Waals surface area (Å²) in [4.78, 5) is 23.8. The number of carboxylic acids is 1. The number of hydrogen-bond acceptors (Lipinski definition) is 5. The Morgan fingerprint density at radius 2 is 1.73 bits per heavy atom. The molecule has 0 radical (unpaired) electrons. The van der Waals surface area contributed by atoms with Crippen LogP contribution in [0.5, 0.6) is 0 Å². The minimum Gasteiger partial charge on any atom is -0.479 e. The molecule has 1 N–H and O–H groups in total. The fourth-order valence-corrected chi connectivity index (χ4v) is 5.38. The molecule has 5 rings (SSSR count). The van der Waals surface area contributed by atoms with E-state index in [0.717, 1.165) is 51.1 Å². The smallest absolute Gasteiger partial charge is 0.337 e. The largest absolute Gasteiger partial charge is 0.479 e. The molecule has 2 aromatic carbocycles. The summed E-state index contributed by atoms with van der Waals surface area (Å²) in [5.74, 6) is -0.504. The van der Waals surface area contributed by atoms with Gasteiger partial charge in [0.1, 0.15) is 0 Å². The van der Waals surface area contributed by atoms with Crippen molar-refractivity contribution in [2.75, 3.05) is 11.4 Å². The molecule has 1 aliphatic heterocycles. The molecule has 4 aromatic rings. The van der Waals surface area contributed by atoms with Crippen LogP contribution in [0.15, 0.2) is 42.7 Å². The van der Waals surface area contributed by atoms with Crippen LogP contribution in [0.4, 0.5) is 11.6 Å². The van der Waals surface area contributed by atoms with Gasteiger partial charge in [0.25, 0.3) is 0 Å². The molecule has 0 unspecified atom stereocenters. The number of carboxylic acid groups (broad SMARTS) is 1. The van der Waals surface area contributed by atoms with E-state index in [-0.39, 0.29) is 0 Å². The molecule has 7 nitrogen and oxygen atoms in total. The molecule has 0 fully saturated rings. The lowest BCUT2D eigenvalue weighted by Gasteiger charge is -2.34. The Bertz CT molecular complexity index is 1500. The standard InChI is InChI=1S/C29H31ClN4O3/c1-16-7-9-19(10-8-16)23-21-13-17(2)33-11-12-34(28-31-14-20(30)15-32-28)24(25(21)33)18(3)22(23)26(27(35)36)37-29(4,5)6/h7-10,13-15,26H,11-12H2,1-6H3,(H,35,36)/t26-/m0/s1. The second-order valence-electron chi connectivity index (χ2n) is 10.6. The lowest BCUT2D eigenvalue weighted by molar-refractivity contribution is -0.160. The maximum atomic E-state index is 12.8. The highest BCUT2D eigenvalue weighted by Gasteiger charge is 2.36. The van der Waals surface area contributed by atoms with Gasteiger partial charge in [-0.05, 0) is 64.3 Å². The SMILES string of the molecule is Cc1ccc(-c2c([C@H](OC(C)(C)C)C(=O)O)c(C)c3c4c2cc(C)n4CCN3c2ncc(Cl)cn2)cc1. The average Bonchev–Trinajstić information content (AvgIpc) is 3.17. The predicted octanol–water partition coefficient (Wildman–Crippen LogP) is 6.77. The van der Waals surface area contributed by atoms with Gasteiger partial charge in [0.05, 0.1) is 34.2 Å². The lowest BCUT2D eigenvalue weighted by Crippen LogP contribution is -2.32. The van der Waals surface area contributed by atoms with Gasteiger partial charge in [-0.3, -0.25) is 0 Å². The van der Waals surface area contributed by atoms with Crippen LogP contribution in [-0.4, -0.2) is 37.8 Å². The second kappa shape index (κ2) is 9.15. The quantitative estimate of drug-likeness (QED) is 0.314. The fourth-order valence-electron chi connectivity index (χ4n) is 5.28. The van der Waals surface area contributed by atoms with Gasteiger partial charge in [-0.15, -0.1) is 0 Å². The van der Waals surface area contributed by atoms with Crippen LogP contribution in [0.2, 0.25) is 5.02 Å². The van der Waals surface area contributed by atoms with E-state index in [4.69, 9.17) is 16.3 Å². The molecule has 3 heterocycles. The molecule has 37 heavy (non-hydrogen) atoms. The van der Waals surface area contributed by atoms with Crippen molar-refractivity contribution >= 4 is 40.1 Å². The zero-order valence-corrected chi connectivity index (χ0v) is 22.7. The monoisotopic (exact) mass is 518 g/mol. The summed E-state index contributed by atoms with van der Waals surface area (Å²) >= 11 is 6.08. The van der Waals surface area contributed by atoms with Crippen LogP contribution in [0.25, 0.3) is 22.0 Å². The zero-order chi connectivity index (χ0) is 26.6. The van der Waals surface area contributed by atoms with Gasteiger partial charge in [-0.25, -0.2) is 14.8 Å². The Balaban J connectivity index is 1.90. The minimum absolute atomic E-state index is 0.460. The van der Waals surface area contributed by atoms with Gasteiger partial charge in [0, 0.05) is 29.7 Å². The summed E-state index contributed by atoms with van der Waals surface area (Å²) in [6.45, 7) is 13.1. The molecule has 0 bridgehead atoms. The topological polar surface area (TPSA) is 80.5 Å². The number of aliphatic carboxylic acids is 1. The summed E-state index contributed by atoms with van der Waals surface area (Å²) in [6.07, 6.45) is 2.00. The molecule has 0 amide bonds. The van der Waals surface area contributed by atoms with Crippen molar-refractivity contribution in [2.45, 2.75) is 59.8 Å². The first-order chi connectivity index (χ1) is 17.5. The number of nitrogens with zero attached hydrogens (tertiary/aromatic N) is 4. The molecular weight excluding hydrogens is 488 g/mol. The van der Waals surface area contributed by atoms with Crippen LogP contribution < -0.4 is 4.90 Å². The van der Waals surface area contributed by atoms with Crippen molar-refractivity contribution in [3.05, 3.63) is 70.1 Å². The Hall–Kier alpha value is -3.42. The number of ether oxygens (including phenoxy) is 1. The third-order valence-corrected chi connectivity index (χ3v) is 6.98. The van der Waals surface area contributed by atoms with Crippen molar-refractivity contribution in [2.24, 2.45) is 0 Å². The average molecular weight is 519 g/mol. The molecule has 192 valence electrons. The summed E-state index contributed by atoms with van der Waals surface area (Å²) < 4.78 is 8.54. The first kappa shape index (κ1) is 25.2. The molecule has 1 atom stereocenters. The van der Waals surface area contributed by atoms with E-state index in [1.807, 2.05) is 34.6 Å². The summed E-state index contributed by atoms with van der Waals surface area (Å²) in [7, 11) is 0.